The van der Waals surface area contributed by atoms with Crippen LogP contribution in [0.1, 0.15) is 52.4 Å². The van der Waals surface area contributed by atoms with E-state index in [1.807, 2.05) is 0 Å². The van der Waals surface area contributed by atoms with Crippen LogP contribution in [0.3, 0.4) is 0 Å². The quantitative estimate of drug-likeness (QED) is 0.548. The number of sulfone groups is 1. The number of fused-ring (bicyclic) bond motifs is 2. The zero-order chi connectivity index (χ0) is 19.1. The molecular formula is C20H35N3O3S. The van der Waals surface area contributed by atoms with Gasteiger partial charge >= 0.3 is 0 Å². The van der Waals surface area contributed by atoms with Gasteiger partial charge in [-0.15, -0.1) is 0 Å². The molecule has 154 valence electrons. The van der Waals surface area contributed by atoms with Crippen molar-refractivity contribution in [3.8, 4) is 0 Å². The van der Waals surface area contributed by atoms with E-state index in [1.165, 1.54) is 25.7 Å². The Bertz CT molecular complexity index is 670. The standard InChI is InChI=1S/C20H35N3O3S/c1-14(2)11-21-19(22-12-15-6-10-27(24,25)13-15)23-17-16-5-9-26-18(16)20(17)7-3-4-8-20/h14-18H,3-13H2,1-2H3,(H2,21,22,23). The number of rotatable bonds is 5. The summed E-state index contributed by atoms with van der Waals surface area (Å²) in [4.78, 5) is 4.82. The maximum atomic E-state index is 11.7. The van der Waals surface area contributed by atoms with Gasteiger partial charge < -0.3 is 15.4 Å². The minimum absolute atomic E-state index is 0.199. The lowest BCUT2D eigenvalue weighted by atomic mass is 9.54. The van der Waals surface area contributed by atoms with Crippen LogP contribution in [0.15, 0.2) is 4.99 Å². The van der Waals surface area contributed by atoms with Crippen LogP contribution in [0.25, 0.3) is 0 Å². The predicted octanol–water partition coefficient (Wildman–Crippen LogP) is 1.96. The number of hydrogen-bond acceptors (Lipinski definition) is 4. The summed E-state index contributed by atoms with van der Waals surface area (Å²) < 4.78 is 29.6. The summed E-state index contributed by atoms with van der Waals surface area (Å²) in [5, 5.41) is 7.24. The summed E-state index contributed by atoms with van der Waals surface area (Å²) >= 11 is 0. The van der Waals surface area contributed by atoms with Crippen LogP contribution in [-0.4, -0.2) is 57.7 Å². The first-order valence-corrected chi connectivity index (χ1v) is 12.6. The molecule has 2 aliphatic heterocycles. The second-order valence-corrected chi connectivity index (χ2v) is 11.8. The molecule has 0 aromatic heterocycles. The summed E-state index contributed by atoms with van der Waals surface area (Å²) in [5.41, 5.74) is 0.290. The van der Waals surface area contributed by atoms with Crippen molar-refractivity contribution in [3.63, 3.8) is 0 Å². The molecule has 4 aliphatic rings. The van der Waals surface area contributed by atoms with E-state index in [1.54, 1.807) is 0 Å². The third kappa shape index (κ3) is 3.86. The Balaban J connectivity index is 1.42. The number of ether oxygens (including phenoxy) is 1. The predicted molar refractivity (Wildman–Crippen MR) is 108 cm³/mol. The van der Waals surface area contributed by atoms with E-state index in [0.717, 1.165) is 32.0 Å². The molecule has 4 unspecified atom stereocenters. The summed E-state index contributed by atoms with van der Waals surface area (Å²) in [7, 11) is -2.83. The fraction of sp³-hybridized carbons (Fsp3) is 0.950. The number of nitrogens with one attached hydrogen (secondary N) is 2. The summed E-state index contributed by atoms with van der Waals surface area (Å²) in [6.45, 7) is 6.71. The SMILES string of the molecule is CC(C)CN=C(NCC1CCS(=O)(=O)C1)NC1C2CCOC2C12CCCC2. The van der Waals surface area contributed by atoms with Crippen LogP contribution >= 0.6 is 0 Å². The lowest BCUT2D eigenvalue weighted by Gasteiger charge is -2.57. The largest absolute Gasteiger partial charge is 0.377 e. The molecule has 4 rings (SSSR count). The smallest absolute Gasteiger partial charge is 0.191 e. The van der Waals surface area contributed by atoms with Crippen molar-refractivity contribution in [3.05, 3.63) is 0 Å². The summed E-state index contributed by atoms with van der Waals surface area (Å²) in [6.07, 6.45) is 7.45. The molecule has 2 N–H and O–H groups in total. The van der Waals surface area contributed by atoms with Crippen LogP contribution in [0, 0.1) is 23.2 Å². The third-order valence-electron chi connectivity index (χ3n) is 7.08. The van der Waals surface area contributed by atoms with Crippen molar-refractivity contribution < 1.29 is 13.2 Å². The molecule has 4 atom stereocenters. The average Bonchev–Trinajstić information content (AvgIpc) is 3.32. The fourth-order valence-electron chi connectivity index (χ4n) is 5.75. The summed E-state index contributed by atoms with van der Waals surface area (Å²) in [6, 6.07) is 0.443. The Morgan fingerprint density at radius 1 is 1.26 bits per heavy atom. The highest BCUT2D eigenvalue weighted by Gasteiger charge is 2.65. The van der Waals surface area contributed by atoms with E-state index in [2.05, 4.69) is 24.5 Å². The van der Waals surface area contributed by atoms with E-state index in [0.29, 0.717) is 42.0 Å². The van der Waals surface area contributed by atoms with Crippen molar-refractivity contribution in [1.82, 2.24) is 10.6 Å². The van der Waals surface area contributed by atoms with Crippen molar-refractivity contribution in [2.24, 2.45) is 28.2 Å². The third-order valence-corrected chi connectivity index (χ3v) is 8.91. The molecule has 2 saturated heterocycles. The molecule has 0 radical (unpaired) electrons. The highest BCUT2D eigenvalue weighted by atomic mass is 32.2. The van der Waals surface area contributed by atoms with E-state index in [-0.39, 0.29) is 11.3 Å². The Labute approximate surface area is 163 Å². The number of aliphatic imine (C=N–C) groups is 1. The van der Waals surface area contributed by atoms with Gasteiger partial charge in [0.2, 0.25) is 0 Å². The molecule has 0 amide bonds. The molecule has 27 heavy (non-hydrogen) atoms. The molecule has 1 spiro atoms. The molecule has 2 saturated carbocycles. The van der Waals surface area contributed by atoms with E-state index in [4.69, 9.17) is 9.73 Å². The summed E-state index contributed by atoms with van der Waals surface area (Å²) in [5.74, 6) is 2.81. The maximum absolute atomic E-state index is 11.7. The minimum atomic E-state index is -2.83. The molecule has 0 aromatic carbocycles. The van der Waals surface area contributed by atoms with E-state index >= 15 is 0 Å². The van der Waals surface area contributed by atoms with Gasteiger partial charge in [-0.2, -0.15) is 0 Å². The highest BCUT2D eigenvalue weighted by molar-refractivity contribution is 7.91. The van der Waals surface area contributed by atoms with Gasteiger partial charge in [-0.05, 0) is 37.5 Å². The lowest BCUT2D eigenvalue weighted by molar-refractivity contribution is -0.125. The van der Waals surface area contributed by atoms with Gasteiger partial charge in [0.15, 0.2) is 15.8 Å². The molecule has 2 aliphatic carbocycles. The molecule has 0 aromatic rings. The van der Waals surface area contributed by atoms with Gasteiger partial charge in [-0.3, -0.25) is 4.99 Å². The van der Waals surface area contributed by atoms with Gasteiger partial charge in [0.05, 0.1) is 17.6 Å². The Morgan fingerprint density at radius 3 is 2.70 bits per heavy atom. The van der Waals surface area contributed by atoms with Gasteiger partial charge in [0.25, 0.3) is 0 Å². The molecule has 2 heterocycles. The Hall–Kier alpha value is -0.820. The number of guanidine groups is 1. The highest BCUT2D eigenvalue weighted by Crippen LogP contribution is 2.60. The van der Waals surface area contributed by atoms with E-state index < -0.39 is 9.84 Å². The topological polar surface area (TPSA) is 79.8 Å². The Kier molecular flexibility index (Phi) is 5.45. The first kappa shape index (κ1) is 19.5. The van der Waals surface area contributed by atoms with Crippen LogP contribution in [0.5, 0.6) is 0 Å². The van der Waals surface area contributed by atoms with Crippen LogP contribution in [0.4, 0.5) is 0 Å². The molecular weight excluding hydrogens is 362 g/mol. The first-order chi connectivity index (χ1) is 12.9. The van der Waals surface area contributed by atoms with Crippen molar-refractivity contribution >= 4 is 15.8 Å². The zero-order valence-corrected chi connectivity index (χ0v) is 17.6. The van der Waals surface area contributed by atoms with Crippen molar-refractivity contribution in [1.29, 1.82) is 0 Å². The fourth-order valence-corrected chi connectivity index (χ4v) is 7.61. The zero-order valence-electron chi connectivity index (χ0n) is 16.7. The number of hydrogen-bond donors (Lipinski definition) is 2. The second-order valence-electron chi connectivity index (χ2n) is 9.54. The number of nitrogens with zero attached hydrogens (tertiary/aromatic N) is 1. The van der Waals surface area contributed by atoms with Crippen LogP contribution in [0.2, 0.25) is 0 Å². The Morgan fingerprint density at radius 2 is 2.04 bits per heavy atom. The van der Waals surface area contributed by atoms with Crippen LogP contribution < -0.4 is 10.6 Å². The lowest BCUT2D eigenvalue weighted by Crippen LogP contribution is -2.69. The van der Waals surface area contributed by atoms with Gasteiger partial charge in [-0.1, -0.05) is 26.7 Å². The van der Waals surface area contributed by atoms with Gasteiger partial charge in [-0.25, -0.2) is 8.42 Å². The van der Waals surface area contributed by atoms with Gasteiger partial charge in [0, 0.05) is 37.1 Å². The van der Waals surface area contributed by atoms with Gasteiger partial charge in [0.1, 0.15) is 0 Å². The molecule has 4 fully saturated rings. The normalized spacial score (nSPS) is 36.8. The minimum Gasteiger partial charge on any atom is -0.377 e. The molecule has 0 bridgehead atoms. The molecule has 6 nitrogen and oxygen atoms in total. The van der Waals surface area contributed by atoms with Crippen molar-refractivity contribution in [2.75, 3.05) is 31.2 Å². The first-order valence-electron chi connectivity index (χ1n) is 10.8. The van der Waals surface area contributed by atoms with Crippen molar-refractivity contribution in [2.45, 2.75) is 64.5 Å². The average molecular weight is 398 g/mol. The monoisotopic (exact) mass is 397 g/mol. The second kappa shape index (κ2) is 7.54. The van der Waals surface area contributed by atoms with Crippen LogP contribution in [-0.2, 0) is 14.6 Å². The molecule has 7 heteroatoms. The maximum Gasteiger partial charge on any atom is 0.191 e. The van der Waals surface area contributed by atoms with E-state index in [9.17, 15) is 8.42 Å².